The second kappa shape index (κ2) is 9.78. The van der Waals surface area contributed by atoms with Gasteiger partial charge in [0.05, 0.1) is 31.4 Å². The Bertz CT molecular complexity index is 753. The van der Waals surface area contributed by atoms with E-state index in [1.807, 2.05) is 17.7 Å². The van der Waals surface area contributed by atoms with Crippen LogP contribution in [0, 0.1) is 12.3 Å². The van der Waals surface area contributed by atoms with Gasteiger partial charge in [0.2, 0.25) is 0 Å². The van der Waals surface area contributed by atoms with Crippen LogP contribution >= 0.6 is 24.8 Å². The standard InChI is InChI=1S/C16H17N3O3.2ClH/c1-4-22-16(20)13(8-17)12-5-6-14(15(7-12)21-3)19-9-11(2)18-10-19;;/h5-7,9-10,17H,4H2,1-3H3;2*1H. The zero-order chi connectivity index (χ0) is 16.1. The van der Waals surface area contributed by atoms with Gasteiger partial charge in [0.15, 0.2) is 0 Å². The fourth-order valence-corrected chi connectivity index (χ4v) is 2.04. The van der Waals surface area contributed by atoms with Crippen LogP contribution in [0.2, 0.25) is 0 Å². The average Bonchev–Trinajstić information content (AvgIpc) is 2.94. The molecule has 130 valence electrons. The van der Waals surface area contributed by atoms with Crippen molar-refractivity contribution in [3.05, 3.63) is 42.0 Å². The van der Waals surface area contributed by atoms with Gasteiger partial charge in [-0.3, -0.25) is 5.41 Å². The normalized spacial score (nSPS) is 9.12. The van der Waals surface area contributed by atoms with Gasteiger partial charge in [-0.15, -0.1) is 24.8 Å². The number of ether oxygens (including phenoxy) is 2. The molecular formula is C16H19Cl2N3O3. The number of nitrogens with zero attached hydrogens (tertiary/aromatic N) is 2. The van der Waals surface area contributed by atoms with Gasteiger partial charge in [-0.2, -0.15) is 0 Å². The van der Waals surface area contributed by atoms with Crippen molar-refractivity contribution in [1.29, 1.82) is 5.41 Å². The summed E-state index contributed by atoms with van der Waals surface area (Å²) in [4.78, 5) is 16.0. The lowest BCUT2D eigenvalue weighted by atomic mass is 10.1. The molecule has 0 atom stereocenters. The third-order valence-electron chi connectivity index (χ3n) is 3.06. The maximum atomic E-state index is 11.8. The van der Waals surface area contributed by atoms with E-state index in [1.54, 1.807) is 38.6 Å². The fourth-order valence-electron chi connectivity index (χ4n) is 2.04. The van der Waals surface area contributed by atoms with E-state index in [2.05, 4.69) is 10.9 Å². The highest BCUT2D eigenvalue weighted by Gasteiger charge is 2.16. The predicted octanol–water partition coefficient (Wildman–Crippen LogP) is 3.23. The average molecular weight is 372 g/mol. The van der Waals surface area contributed by atoms with Crippen LogP contribution in [0.25, 0.3) is 11.3 Å². The molecule has 0 amide bonds. The number of carbonyl (C=O) groups excluding carboxylic acids is 1. The number of carbonyl (C=O) groups is 1. The van der Waals surface area contributed by atoms with E-state index in [1.165, 1.54) is 0 Å². The zero-order valence-electron chi connectivity index (χ0n) is 13.5. The summed E-state index contributed by atoms with van der Waals surface area (Å²) in [6.07, 6.45) is 3.56. The van der Waals surface area contributed by atoms with E-state index < -0.39 is 5.97 Å². The Labute approximate surface area is 152 Å². The van der Waals surface area contributed by atoms with Crippen molar-refractivity contribution in [3.63, 3.8) is 0 Å². The van der Waals surface area contributed by atoms with Crippen LogP contribution in [-0.4, -0.2) is 35.1 Å². The van der Waals surface area contributed by atoms with Crippen molar-refractivity contribution in [1.82, 2.24) is 9.55 Å². The molecule has 1 aromatic heterocycles. The van der Waals surface area contributed by atoms with Gasteiger partial charge in [-0.25, -0.2) is 9.78 Å². The first-order chi connectivity index (χ1) is 10.6. The summed E-state index contributed by atoms with van der Waals surface area (Å²) in [5.74, 6) is 2.12. The number of hydrogen-bond donors (Lipinski definition) is 1. The van der Waals surface area contributed by atoms with E-state index in [4.69, 9.17) is 14.9 Å². The minimum atomic E-state index is -0.578. The lowest BCUT2D eigenvalue weighted by molar-refractivity contribution is -0.135. The van der Waals surface area contributed by atoms with Crippen molar-refractivity contribution >= 4 is 42.2 Å². The highest BCUT2D eigenvalue weighted by molar-refractivity contribution is 6.25. The number of imidazole rings is 1. The molecule has 0 bridgehead atoms. The Morgan fingerprint density at radius 1 is 1.38 bits per heavy atom. The highest BCUT2D eigenvalue weighted by atomic mass is 35.5. The highest BCUT2D eigenvalue weighted by Crippen LogP contribution is 2.27. The van der Waals surface area contributed by atoms with Crippen molar-refractivity contribution in [2.24, 2.45) is 0 Å². The van der Waals surface area contributed by atoms with Crippen molar-refractivity contribution < 1.29 is 14.3 Å². The Kier molecular flexibility index (Phi) is 8.85. The molecule has 1 heterocycles. The smallest absolute Gasteiger partial charge is 0.348 e. The molecule has 1 N–H and O–H groups in total. The zero-order valence-corrected chi connectivity index (χ0v) is 15.2. The lowest BCUT2D eigenvalue weighted by Gasteiger charge is -2.11. The summed E-state index contributed by atoms with van der Waals surface area (Å²) in [7, 11) is 1.55. The molecule has 0 saturated heterocycles. The number of aryl methyl sites for hydroxylation is 1. The van der Waals surface area contributed by atoms with Gasteiger partial charge in [-0.1, -0.05) is 6.07 Å². The second-order valence-electron chi connectivity index (χ2n) is 4.53. The predicted molar refractivity (Wildman–Crippen MR) is 97.1 cm³/mol. The number of esters is 1. The quantitative estimate of drug-likeness (QED) is 0.497. The summed E-state index contributed by atoms with van der Waals surface area (Å²) >= 11 is 0. The molecule has 0 saturated carbocycles. The third-order valence-corrected chi connectivity index (χ3v) is 3.06. The van der Waals surface area contributed by atoms with Crippen LogP contribution in [0.5, 0.6) is 5.75 Å². The molecule has 1 aromatic carbocycles. The fraction of sp³-hybridized carbons (Fsp3) is 0.250. The Morgan fingerprint density at radius 2 is 2.08 bits per heavy atom. The number of benzene rings is 1. The summed E-state index contributed by atoms with van der Waals surface area (Å²) in [5.41, 5.74) is 2.26. The number of nitrogens with one attached hydrogen (secondary N) is 1. The van der Waals surface area contributed by atoms with Crippen LogP contribution in [-0.2, 0) is 9.53 Å². The van der Waals surface area contributed by atoms with Gasteiger partial charge < -0.3 is 14.0 Å². The second-order valence-corrected chi connectivity index (χ2v) is 4.53. The molecular weight excluding hydrogens is 353 g/mol. The molecule has 0 spiro atoms. The number of rotatable bonds is 5. The molecule has 0 radical (unpaired) electrons. The maximum Gasteiger partial charge on any atom is 0.348 e. The monoisotopic (exact) mass is 371 g/mol. The van der Waals surface area contributed by atoms with E-state index in [9.17, 15) is 4.79 Å². The summed E-state index contributed by atoms with van der Waals surface area (Å²) in [6, 6.07) is 5.20. The molecule has 0 fully saturated rings. The Morgan fingerprint density at radius 3 is 2.58 bits per heavy atom. The summed E-state index contributed by atoms with van der Waals surface area (Å²) < 4.78 is 12.1. The number of methoxy groups -OCH3 is 1. The molecule has 0 unspecified atom stereocenters. The molecule has 0 aliphatic carbocycles. The van der Waals surface area contributed by atoms with E-state index in [0.717, 1.165) is 11.4 Å². The summed E-state index contributed by atoms with van der Waals surface area (Å²) in [6.45, 7) is 3.85. The van der Waals surface area contributed by atoms with Gasteiger partial charge in [0, 0.05) is 11.8 Å². The number of hydrogen-bond acceptors (Lipinski definition) is 5. The molecule has 6 nitrogen and oxygen atoms in total. The summed E-state index contributed by atoms with van der Waals surface area (Å²) in [5, 5.41) is 7.31. The van der Waals surface area contributed by atoms with E-state index in [-0.39, 0.29) is 37.0 Å². The maximum absolute atomic E-state index is 11.8. The SMILES string of the molecule is CCOC(=O)C(=C=N)c1ccc(-n2cnc(C)c2)c(OC)c1.Cl.Cl. The van der Waals surface area contributed by atoms with Gasteiger partial charge in [0.25, 0.3) is 0 Å². The molecule has 24 heavy (non-hydrogen) atoms. The molecule has 2 rings (SSSR count). The van der Waals surface area contributed by atoms with Crippen LogP contribution in [0.1, 0.15) is 18.2 Å². The van der Waals surface area contributed by atoms with Crippen LogP contribution in [0.15, 0.2) is 30.7 Å². The first kappa shape index (κ1) is 21.7. The van der Waals surface area contributed by atoms with E-state index in [0.29, 0.717) is 11.3 Å². The molecule has 0 aliphatic rings. The topological polar surface area (TPSA) is 77.2 Å². The van der Waals surface area contributed by atoms with Crippen molar-refractivity contribution in [3.8, 4) is 11.4 Å². The first-order valence-electron chi connectivity index (χ1n) is 6.76. The minimum Gasteiger partial charge on any atom is -0.495 e. The van der Waals surface area contributed by atoms with Gasteiger partial charge in [-0.05, 0) is 31.9 Å². The Hall–Kier alpha value is -2.27. The molecule has 0 aliphatic heterocycles. The van der Waals surface area contributed by atoms with Crippen molar-refractivity contribution in [2.45, 2.75) is 13.8 Å². The number of aromatic nitrogens is 2. The third kappa shape index (κ3) is 4.61. The molecule has 2 aromatic rings. The largest absolute Gasteiger partial charge is 0.495 e. The van der Waals surface area contributed by atoms with Crippen molar-refractivity contribution in [2.75, 3.05) is 13.7 Å². The van der Waals surface area contributed by atoms with Gasteiger partial charge in [0.1, 0.15) is 11.3 Å². The minimum absolute atomic E-state index is 0. The van der Waals surface area contributed by atoms with Crippen LogP contribution in [0.4, 0.5) is 0 Å². The Balaban J connectivity index is 0.00000264. The first-order valence-corrected chi connectivity index (χ1v) is 6.76. The van der Waals surface area contributed by atoms with E-state index >= 15 is 0 Å². The van der Waals surface area contributed by atoms with Crippen LogP contribution < -0.4 is 4.74 Å². The molecule has 8 heteroatoms. The van der Waals surface area contributed by atoms with Gasteiger partial charge >= 0.3 is 5.97 Å². The van der Waals surface area contributed by atoms with Crippen LogP contribution in [0.3, 0.4) is 0 Å². The number of halogens is 2. The lowest BCUT2D eigenvalue weighted by Crippen LogP contribution is -2.08.